The summed E-state index contributed by atoms with van der Waals surface area (Å²) in [4.78, 5) is 14.7. The van der Waals surface area contributed by atoms with Crippen LogP contribution < -0.4 is 14.2 Å². The van der Waals surface area contributed by atoms with Crippen molar-refractivity contribution in [3.05, 3.63) is 53.6 Å². The summed E-state index contributed by atoms with van der Waals surface area (Å²) in [6, 6.07) is 13.6. The van der Waals surface area contributed by atoms with Crippen LogP contribution in [0.4, 0.5) is 0 Å². The number of benzene rings is 2. The summed E-state index contributed by atoms with van der Waals surface area (Å²) in [7, 11) is 6.55. The van der Waals surface area contributed by atoms with E-state index >= 15 is 0 Å². The first-order valence-corrected chi connectivity index (χ1v) is 8.65. The topological polar surface area (TPSA) is 48.0 Å². The summed E-state index contributed by atoms with van der Waals surface area (Å²) >= 11 is 0. The molecule has 0 aliphatic carbocycles. The fraction of sp³-hybridized carbons (Fsp3) is 0.381. The fourth-order valence-electron chi connectivity index (χ4n) is 3.13. The maximum absolute atomic E-state index is 13.0. The Morgan fingerprint density at radius 1 is 0.962 bits per heavy atom. The van der Waals surface area contributed by atoms with Gasteiger partial charge in [-0.3, -0.25) is 4.79 Å². The van der Waals surface area contributed by atoms with Crippen molar-refractivity contribution < 1.29 is 19.0 Å². The lowest BCUT2D eigenvalue weighted by atomic mass is 9.95. The monoisotopic (exact) mass is 357 g/mol. The number of nitrogens with zero attached hydrogens (tertiary/aromatic N) is 1. The first kappa shape index (κ1) is 19.6. The van der Waals surface area contributed by atoms with E-state index in [0.29, 0.717) is 23.8 Å². The standard InChI is InChI=1S/C21H27NO4/c1-6-17(15-10-8-7-9-11-15)21(23)22(2)14-16-12-13-18(24-3)20(26-5)19(16)25-4/h7-13,17H,6,14H2,1-5H3/t17-/m1/s1. The van der Waals surface area contributed by atoms with Crippen LogP contribution in [0.5, 0.6) is 17.2 Å². The zero-order valence-electron chi connectivity index (χ0n) is 16.1. The molecule has 0 saturated carbocycles. The average Bonchev–Trinajstić information content (AvgIpc) is 2.68. The molecule has 5 nitrogen and oxygen atoms in total. The first-order valence-electron chi connectivity index (χ1n) is 8.65. The van der Waals surface area contributed by atoms with E-state index in [2.05, 4.69) is 0 Å². The van der Waals surface area contributed by atoms with E-state index in [1.54, 1.807) is 26.2 Å². The lowest BCUT2D eigenvalue weighted by Crippen LogP contribution is -2.31. The average molecular weight is 357 g/mol. The summed E-state index contributed by atoms with van der Waals surface area (Å²) in [5.41, 5.74) is 1.90. The van der Waals surface area contributed by atoms with Crippen LogP contribution in [0.3, 0.4) is 0 Å². The van der Waals surface area contributed by atoms with Crippen molar-refractivity contribution >= 4 is 5.91 Å². The smallest absolute Gasteiger partial charge is 0.230 e. The summed E-state index contributed by atoms with van der Waals surface area (Å²) in [6.45, 7) is 2.45. The van der Waals surface area contributed by atoms with Crippen molar-refractivity contribution in [3.63, 3.8) is 0 Å². The van der Waals surface area contributed by atoms with Gasteiger partial charge in [0.2, 0.25) is 11.7 Å². The van der Waals surface area contributed by atoms with Gasteiger partial charge in [0.1, 0.15) is 0 Å². The number of ether oxygens (including phenoxy) is 3. The molecule has 2 rings (SSSR count). The quantitative estimate of drug-likeness (QED) is 0.720. The number of carbonyl (C=O) groups is 1. The number of methoxy groups -OCH3 is 3. The number of carbonyl (C=O) groups excluding carboxylic acids is 1. The number of hydrogen-bond acceptors (Lipinski definition) is 4. The van der Waals surface area contributed by atoms with E-state index < -0.39 is 0 Å². The first-order chi connectivity index (χ1) is 12.6. The summed E-state index contributed by atoms with van der Waals surface area (Å²) in [5.74, 6) is 1.63. The summed E-state index contributed by atoms with van der Waals surface area (Å²) in [5, 5.41) is 0. The number of hydrogen-bond donors (Lipinski definition) is 0. The summed E-state index contributed by atoms with van der Waals surface area (Å²) in [6.07, 6.45) is 0.746. The molecule has 0 N–H and O–H groups in total. The number of likely N-dealkylation sites (N-methyl/N-ethyl adjacent to an activating group) is 1. The molecule has 2 aromatic carbocycles. The Kier molecular flexibility index (Phi) is 6.89. The normalized spacial score (nSPS) is 11.6. The van der Waals surface area contributed by atoms with Crippen LogP contribution in [0.25, 0.3) is 0 Å². The highest BCUT2D eigenvalue weighted by Crippen LogP contribution is 2.40. The van der Waals surface area contributed by atoms with Gasteiger partial charge in [-0.2, -0.15) is 0 Å². The van der Waals surface area contributed by atoms with Gasteiger partial charge in [-0.1, -0.05) is 37.3 Å². The third-order valence-corrected chi connectivity index (χ3v) is 4.48. The SMILES string of the molecule is CC[C@@H](C(=O)N(C)Cc1ccc(OC)c(OC)c1OC)c1ccccc1. The van der Waals surface area contributed by atoms with Crippen LogP contribution in [0.1, 0.15) is 30.4 Å². The molecule has 0 aliphatic rings. The minimum Gasteiger partial charge on any atom is -0.493 e. The van der Waals surface area contributed by atoms with Crippen molar-refractivity contribution in [2.45, 2.75) is 25.8 Å². The Morgan fingerprint density at radius 3 is 2.15 bits per heavy atom. The van der Waals surface area contributed by atoms with Crippen molar-refractivity contribution in [3.8, 4) is 17.2 Å². The second kappa shape index (κ2) is 9.13. The molecule has 0 heterocycles. The van der Waals surface area contributed by atoms with E-state index in [-0.39, 0.29) is 11.8 Å². The fourth-order valence-corrected chi connectivity index (χ4v) is 3.13. The number of amides is 1. The molecule has 0 fully saturated rings. The minimum atomic E-state index is -0.160. The van der Waals surface area contributed by atoms with Gasteiger partial charge in [-0.15, -0.1) is 0 Å². The van der Waals surface area contributed by atoms with Gasteiger partial charge < -0.3 is 19.1 Å². The van der Waals surface area contributed by atoms with Crippen LogP contribution >= 0.6 is 0 Å². The third kappa shape index (κ3) is 4.10. The van der Waals surface area contributed by atoms with E-state index in [9.17, 15) is 4.79 Å². The molecule has 0 aliphatic heterocycles. The molecule has 1 amide bonds. The van der Waals surface area contributed by atoms with Crippen LogP contribution in [-0.4, -0.2) is 39.2 Å². The van der Waals surface area contributed by atoms with Crippen molar-refractivity contribution in [1.29, 1.82) is 0 Å². The van der Waals surface area contributed by atoms with Crippen LogP contribution in [0.15, 0.2) is 42.5 Å². The Bertz CT molecular complexity index is 730. The van der Waals surface area contributed by atoms with Crippen molar-refractivity contribution in [2.24, 2.45) is 0 Å². The molecule has 26 heavy (non-hydrogen) atoms. The molecule has 1 atom stereocenters. The highest BCUT2D eigenvalue weighted by molar-refractivity contribution is 5.83. The molecule has 140 valence electrons. The minimum absolute atomic E-state index is 0.0792. The second-order valence-corrected chi connectivity index (χ2v) is 6.06. The van der Waals surface area contributed by atoms with Crippen LogP contribution in [-0.2, 0) is 11.3 Å². The third-order valence-electron chi connectivity index (χ3n) is 4.48. The predicted octanol–water partition coefficient (Wildman–Crippen LogP) is 3.86. The molecular weight excluding hydrogens is 330 g/mol. The lowest BCUT2D eigenvalue weighted by Gasteiger charge is -2.25. The van der Waals surface area contributed by atoms with E-state index in [1.165, 1.54) is 0 Å². The van der Waals surface area contributed by atoms with Crippen LogP contribution in [0.2, 0.25) is 0 Å². The van der Waals surface area contributed by atoms with Gasteiger partial charge in [-0.25, -0.2) is 0 Å². The van der Waals surface area contributed by atoms with Gasteiger partial charge in [0.25, 0.3) is 0 Å². The van der Waals surface area contributed by atoms with Crippen molar-refractivity contribution in [1.82, 2.24) is 4.90 Å². The predicted molar refractivity (Wildman–Crippen MR) is 102 cm³/mol. The zero-order valence-corrected chi connectivity index (χ0v) is 16.1. The van der Waals surface area contributed by atoms with Gasteiger partial charge in [0.15, 0.2) is 11.5 Å². The Morgan fingerprint density at radius 2 is 1.62 bits per heavy atom. The highest BCUT2D eigenvalue weighted by Gasteiger charge is 2.24. The Hall–Kier alpha value is -2.69. The maximum atomic E-state index is 13.0. The molecule has 0 bridgehead atoms. The van der Waals surface area contributed by atoms with Gasteiger partial charge in [-0.05, 0) is 24.1 Å². The van der Waals surface area contributed by atoms with Gasteiger partial charge >= 0.3 is 0 Å². The molecule has 5 heteroatoms. The second-order valence-electron chi connectivity index (χ2n) is 6.06. The Labute approximate surface area is 155 Å². The molecule has 0 unspecified atom stereocenters. The molecule has 0 saturated heterocycles. The Balaban J connectivity index is 2.26. The van der Waals surface area contributed by atoms with Gasteiger partial charge in [0.05, 0.1) is 27.2 Å². The molecular formula is C21H27NO4. The maximum Gasteiger partial charge on any atom is 0.230 e. The van der Waals surface area contributed by atoms with Gasteiger partial charge in [0, 0.05) is 19.2 Å². The summed E-state index contributed by atoms with van der Waals surface area (Å²) < 4.78 is 16.3. The highest BCUT2D eigenvalue weighted by atomic mass is 16.5. The largest absolute Gasteiger partial charge is 0.493 e. The zero-order chi connectivity index (χ0) is 19.1. The molecule has 0 spiro atoms. The van der Waals surface area contributed by atoms with E-state index in [4.69, 9.17) is 14.2 Å². The van der Waals surface area contributed by atoms with E-state index in [1.807, 2.05) is 56.4 Å². The molecule has 2 aromatic rings. The van der Waals surface area contributed by atoms with E-state index in [0.717, 1.165) is 17.5 Å². The van der Waals surface area contributed by atoms with Crippen LogP contribution in [0, 0.1) is 0 Å². The molecule has 0 radical (unpaired) electrons. The molecule has 0 aromatic heterocycles. The van der Waals surface area contributed by atoms with Crippen molar-refractivity contribution in [2.75, 3.05) is 28.4 Å². The number of rotatable bonds is 8. The lowest BCUT2D eigenvalue weighted by molar-refractivity contribution is -0.132.